The van der Waals surface area contributed by atoms with Crippen LogP contribution in [0.3, 0.4) is 0 Å². The van der Waals surface area contributed by atoms with Gasteiger partial charge in [-0.1, -0.05) is 13.5 Å². The number of phenolic OH excluding ortho intramolecular Hbond substituents is 2. The fourth-order valence-corrected chi connectivity index (χ4v) is 1.48. The minimum atomic E-state index is -0.238. The summed E-state index contributed by atoms with van der Waals surface area (Å²) in [6.45, 7) is 7.76. The molecule has 0 radical (unpaired) electrons. The Balaban J connectivity index is 3.09. The van der Waals surface area contributed by atoms with Crippen LogP contribution < -0.4 is 4.90 Å². The van der Waals surface area contributed by atoms with E-state index < -0.39 is 0 Å². The quantitative estimate of drug-likeness (QED) is 0.622. The van der Waals surface area contributed by atoms with Crippen LogP contribution in [0.25, 0.3) is 0 Å². The van der Waals surface area contributed by atoms with Crippen LogP contribution in [0.2, 0.25) is 0 Å². The molecule has 1 amide bonds. The molecule has 0 spiro atoms. The first-order valence-corrected chi connectivity index (χ1v) is 5.46. The highest BCUT2D eigenvalue weighted by molar-refractivity contribution is 6.04. The number of anilines is 1. The van der Waals surface area contributed by atoms with E-state index in [9.17, 15) is 15.0 Å². The van der Waals surface area contributed by atoms with Gasteiger partial charge in [0.1, 0.15) is 0 Å². The first kappa shape index (κ1) is 13.1. The molecule has 0 saturated heterocycles. The van der Waals surface area contributed by atoms with Crippen molar-refractivity contribution in [2.24, 2.45) is 0 Å². The van der Waals surface area contributed by atoms with Gasteiger partial charge in [-0.05, 0) is 25.5 Å². The van der Waals surface area contributed by atoms with Crippen LogP contribution >= 0.6 is 0 Å². The Morgan fingerprint density at radius 3 is 2.47 bits per heavy atom. The van der Waals surface area contributed by atoms with E-state index in [4.69, 9.17) is 0 Å². The minimum Gasteiger partial charge on any atom is -0.504 e. The summed E-state index contributed by atoms with van der Waals surface area (Å²) in [4.78, 5) is 13.4. The maximum Gasteiger partial charge on any atom is 0.253 e. The van der Waals surface area contributed by atoms with Gasteiger partial charge in [-0.15, -0.1) is 0 Å². The predicted molar refractivity (Wildman–Crippen MR) is 67.2 cm³/mol. The molecule has 1 aromatic rings. The number of nitrogens with zero attached hydrogens (tertiary/aromatic N) is 1. The van der Waals surface area contributed by atoms with E-state index in [0.717, 1.165) is 6.42 Å². The van der Waals surface area contributed by atoms with Gasteiger partial charge in [-0.25, -0.2) is 0 Å². The first-order chi connectivity index (χ1) is 7.97. The predicted octanol–water partition coefficient (Wildman–Crippen LogP) is 2.42. The Morgan fingerprint density at radius 2 is 2.00 bits per heavy atom. The minimum absolute atomic E-state index is 0.183. The van der Waals surface area contributed by atoms with E-state index in [1.165, 1.54) is 17.0 Å². The Bertz CT molecular complexity index is 440. The van der Waals surface area contributed by atoms with Gasteiger partial charge in [0.25, 0.3) is 5.91 Å². The zero-order valence-corrected chi connectivity index (χ0v) is 10.1. The highest BCUT2D eigenvalue weighted by Crippen LogP contribution is 2.30. The topological polar surface area (TPSA) is 60.8 Å². The third-order valence-electron chi connectivity index (χ3n) is 2.33. The van der Waals surface area contributed by atoms with Gasteiger partial charge in [0.2, 0.25) is 0 Å². The number of carbonyl (C=O) groups excluding carboxylic acids is 1. The summed E-state index contributed by atoms with van der Waals surface area (Å²) in [6, 6.07) is 4.32. The van der Waals surface area contributed by atoms with Crippen molar-refractivity contribution in [1.29, 1.82) is 0 Å². The Hall–Kier alpha value is -1.97. The van der Waals surface area contributed by atoms with Crippen LogP contribution in [0.5, 0.6) is 11.5 Å². The average Bonchev–Trinajstić information content (AvgIpc) is 2.29. The van der Waals surface area contributed by atoms with Crippen LogP contribution in [0.15, 0.2) is 30.4 Å². The van der Waals surface area contributed by atoms with Crippen LogP contribution in [0.4, 0.5) is 5.69 Å². The summed E-state index contributed by atoms with van der Waals surface area (Å²) < 4.78 is 0. The van der Waals surface area contributed by atoms with Crippen molar-refractivity contribution in [3.8, 4) is 11.5 Å². The largest absolute Gasteiger partial charge is 0.504 e. The summed E-state index contributed by atoms with van der Waals surface area (Å²) in [5.74, 6) is -0.622. The third-order valence-corrected chi connectivity index (χ3v) is 2.33. The van der Waals surface area contributed by atoms with E-state index in [2.05, 4.69) is 6.58 Å². The average molecular weight is 235 g/mol. The monoisotopic (exact) mass is 235 g/mol. The van der Waals surface area contributed by atoms with Crippen LogP contribution in [0, 0.1) is 0 Å². The van der Waals surface area contributed by atoms with Crippen LogP contribution in [0.1, 0.15) is 20.3 Å². The Labute approximate surface area is 101 Å². The normalized spacial score (nSPS) is 10.0. The Kier molecular flexibility index (Phi) is 4.15. The standard InChI is InChI=1S/C13H17NO3/c1-4-7-14(13(17)9(2)3)10-5-6-11(15)12(16)8-10/h5-6,8,15-16H,2,4,7H2,1,3H3. The van der Waals surface area contributed by atoms with Crippen LogP contribution in [-0.4, -0.2) is 22.7 Å². The molecular weight excluding hydrogens is 218 g/mol. The second-order valence-electron chi connectivity index (χ2n) is 3.91. The molecule has 17 heavy (non-hydrogen) atoms. The number of rotatable bonds is 4. The molecule has 0 atom stereocenters. The second kappa shape index (κ2) is 5.39. The molecule has 0 unspecified atom stereocenters. The third kappa shape index (κ3) is 3.00. The summed E-state index contributed by atoms with van der Waals surface area (Å²) in [5, 5.41) is 18.7. The SMILES string of the molecule is C=C(C)C(=O)N(CCC)c1ccc(O)c(O)c1. The van der Waals surface area contributed by atoms with Gasteiger partial charge in [0.15, 0.2) is 11.5 Å². The van der Waals surface area contributed by atoms with Crippen molar-refractivity contribution in [3.63, 3.8) is 0 Å². The number of hydrogen-bond donors (Lipinski definition) is 2. The molecule has 0 bridgehead atoms. The lowest BCUT2D eigenvalue weighted by Crippen LogP contribution is -2.31. The molecule has 4 nitrogen and oxygen atoms in total. The molecule has 0 heterocycles. The summed E-state index contributed by atoms with van der Waals surface area (Å²) >= 11 is 0. The van der Waals surface area contributed by atoms with E-state index >= 15 is 0 Å². The number of hydrogen-bond acceptors (Lipinski definition) is 3. The summed E-state index contributed by atoms with van der Waals surface area (Å²) in [5.41, 5.74) is 0.987. The molecule has 1 rings (SSSR count). The van der Waals surface area contributed by atoms with E-state index in [0.29, 0.717) is 17.8 Å². The van der Waals surface area contributed by atoms with Gasteiger partial charge in [0.05, 0.1) is 0 Å². The fourth-order valence-electron chi connectivity index (χ4n) is 1.48. The molecule has 1 aromatic carbocycles. The second-order valence-corrected chi connectivity index (χ2v) is 3.91. The van der Waals surface area contributed by atoms with Crippen molar-refractivity contribution in [2.75, 3.05) is 11.4 Å². The molecular formula is C13H17NO3. The van der Waals surface area contributed by atoms with Crippen molar-refractivity contribution < 1.29 is 15.0 Å². The van der Waals surface area contributed by atoms with Gasteiger partial charge in [-0.3, -0.25) is 4.79 Å². The van der Waals surface area contributed by atoms with E-state index in [-0.39, 0.29) is 17.4 Å². The zero-order valence-electron chi connectivity index (χ0n) is 10.1. The lowest BCUT2D eigenvalue weighted by Gasteiger charge is -2.22. The molecule has 2 N–H and O–H groups in total. The maximum absolute atomic E-state index is 11.9. The van der Waals surface area contributed by atoms with Crippen molar-refractivity contribution in [3.05, 3.63) is 30.4 Å². The molecule has 0 fully saturated rings. The van der Waals surface area contributed by atoms with Crippen molar-refractivity contribution in [2.45, 2.75) is 20.3 Å². The molecule has 0 aliphatic rings. The number of phenols is 2. The van der Waals surface area contributed by atoms with Gasteiger partial charge in [0, 0.05) is 23.9 Å². The number of benzene rings is 1. The van der Waals surface area contributed by atoms with Crippen molar-refractivity contribution >= 4 is 11.6 Å². The highest BCUT2D eigenvalue weighted by Gasteiger charge is 2.16. The number of carbonyl (C=O) groups is 1. The molecule has 0 aromatic heterocycles. The van der Waals surface area contributed by atoms with Gasteiger partial charge >= 0.3 is 0 Å². The highest BCUT2D eigenvalue weighted by atomic mass is 16.3. The maximum atomic E-state index is 11.9. The lowest BCUT2D eigenvalue weighted by atomic mass is 10.2. The van der Waals surface area contributed by atoms with Crippen molar-refractivity contribution in [1.82, 2.24) is 0 Å². The first-order valence-electron chi connectivity index (χ1n) is 5.46. The van der Waals surface area contributed by atoms with Gasteiger partial charge < -0.3 is 15.1 Å². The summed E-state index contributed by atoms with van der Waals surface area (Å²) in [7, 11) is 0. The molecule has 4 heteroatoms. The molecule has 0 aliphatic carbocycles. The van der Waals surface area contributed by atoms with Gasteiger partial charge in [-0.2, -0.15) is 0 Å². The fraction of sp³-hybridized carbons (Fsp3) is 0.308. The smallest absolute Gasteiger partial charge is 0.253 e. The lowest BCUT2D eigenvalue weighted by molar-refractivity contribution is -0.115. The molecule has 92 valence electrons. The zero-order chi connectivity index (χ0) is 13.0. The summed E-state index contributed by atoms with van der Waals surface area (Å²) in [6.07, 6.45) is 0.792. The van der Waals surface area contributed by atoms with E-state index in [1.807, 2.05) is 6.92 Å². The van der Waals surface area contributed by atoms with Crippen LogP contribution in [-0.2, 0) is 4.79 Å². The number of amides is 1. The molecule has 0 saturated carbocycles. The number of aromatic hydroxyl groups is 2. The van der Waals surface area contributed by atoms with E-state index in [1.54, 1.807) is 13.0 Å². The molecule has 0 aliphatic heterocycles. The Morgan fingerprint density at radius 1 is 1.35 bits per heavy atom.